The molecule has 0 saturated heterocycles. The van der Waals surface area contributed by atoms with E-state index in [0.717, 1.165) is 28.9 Å². The molecule has 2 rings (SSSR count). The Morgan fingerprint density at radius 1 is 1.17 bits per heavy atom. The van der Waals surface area contributed by atoms with E-state index in [4.69, 9.17) is 17.3 Å². The summed E-state index contributed by atoms with van der Waals surface area (Å²) in [7, 11) is 0. The Hall–Kier alpha value is -1.45. The Bertz CT molecular complexity index is 544. The first kappa shape index (κ1) is 13.0. The zero-order valence-corrected chi connectivity index (χ0v) is 11.3. The molecule has 0 atom stereocenters. The fourth-order valence-corrected chi connectivity index (χ4v) is 2.19. The molecule has 2 N–H and O–H groups in total. The van der Waals surface area contributed by atoms with Gasteiger partial charge in [0.15, 0.2) is 5.82 Å². The highest BCUT2D eigenvalue weighted by molar-refractivity contribution is 6.30. The second-order valence-electron chi connectivity index (χ2n) is 4.25. The van der Waals surface area contributed by atoms with Gasteiger partial charge in [0.25, 0.3) is 0 Å². The second kappa shape index (κ2) is 5.46. The molecule has 94 valence electrons. The molecular weight excluding hydrogens is 246 g/mol. The number of aromatic nitrogens is 2. The molecule has 0 amide bonds. The maximum atomic E-state index is 5.98. The fourth-order valence-electron chi connectivity index (χ4n) is 2.00. The van der Waals surface area contributed by atoms with Gasteiger partial charge in [0, 0.05) is 22.0 Å². The highest BCUT2D eigenvalue weighted by Gasteiger charge is 2.09. The quantitative estimate of drug-likeness (QED) is 0.924. The number of hydrogen-bond acceptors (Lipinski definition) is 3. The van der Waals surface area contributed by atoms with Gasteiger partial charge in [-0.3, -0.25) is 0 Å². The van der Waals surface area contributed by atoms with E-state index < -0.39 is 0 Å². The number of nitrogens with two attached hydrogens (primary N) is 1. The van der Waals surface area contributed by atoms with E-state index in [-0.39, 0.29) is 0 Å². The molecule has 1 heterocycles. The van der Waals surface area contributed by atoms with Gasteiger partial charge in [-0.05, 0) is 44.5 Å². The fraction of sp³-hybridized carbons (Fsp3) is 0.286. The molecule has 1 aromatic carbocycles. The first-order chi connectivity index (χ1) is 8.61. The van der Waals surface area contributed by atoms with Gasteiger partial charge in [-0.25, -0.2) is 9.97 Å². The van der Waals surface area contributed by atoms with E-state index in [0.29, 0.717) is 17.4 Å². The Labute approximate surface area is 112 Å². The van der Waals surface area contributed by atoms with Gasteiger partial charge in [-0.2, -0.15) is 0 Å². The maximum Gasteiger partial charge on any atom is 0.159 e. The predicted octanol–water partition coefficient (Wildman–Crippen LogP) is 2.92. The molecule has 4 heteroatoms. The molecule has 18 heavy (non-hydrogen) atoms. The van der Waals surface area contributed by atoms with Gasteiger partial charge in [0.1, 0.15) is 0 Å². The monoisotopic (exact) mass is 261 g/mol. The van der Waals surface area contributed by atoms with Crippen LogP contribution in [0.5, 0.6) is 0 Å². The van der Waals surface area contributed by atoms with Crippen LogP contribution < -0.4 is 5.73 Å². The summed E-state index contributed by atoms with van der Waals surface area (Å²) in [5.41, 5.74) is 9.65. The van der Waals surface area contributed by atoms with Crippen molar-refractivity contribution in [3.8, 4) is 11.4 Å². The van der Waals surface area contributed by atoms with Crippen molar-refractivity contribution in [1.82, 2.24) is 9.97 Å². The molecule has 0 fully saturated rings. The lowest BCUT2D eigenvalue weighted by molar-refractivity contribution is 0.899. The molecule has 2 aromatic rings. The molecule has 0 radical (unpaired) electrons. The number of nitrogens with zero attached hydrogens (tertiary/aromatic N) is 2. The first-order valence-electron chi connectivity index (χ1n) is 5.92. The summed E-state index contributed by atoms with van der Waals surface area (Å²) >= 11 is 5.98. The van der Waals surface area contributed by atoms with Gasteiger partial charge >= 0.3 is 0 Å². The van der Waals surface area contributed by atoms with E-state index >= 15 is 0 Å². The second-order valence-corrected chi connectivity index (χ2v) is 4.68. The molecule has 0 aliphatic carbocycles. The van der Waals surface area contributed by atoms with Crippen molar-refractivity contribution in [3.63, 3.8) is 0 Å². The Morgan fingerprint density at radius 3 is 2.39 bits per heavy atom. The summed E-state index contributed by atoms with van der Waals surface area (Å²) in [4.78, 5) is 9.08. The third-order valence-electron chi connectivity index (χ3n) is 2.90. The number of halogens is 1. The minimum atomic E-state index is 0.613. The SMILES string of the molecule is Cc1nc(-c2cccc(Cl)c2)nc(C)c1CCN. The van der Waals surface area contributed by atoms with Crippen molar-refractivity contribution in [2.24, 2.45) is 5.73 Å². The van der Waals surface area contributed by atoms with Crippen LogP contribution in [-0.4, -0.2) is 16.5 Å². The minimum absolute atomic E-state index is 0.613. The third kappa shape index (κ3) is 2.68. The molecule has 1 aromatic heterocycles. The van der Waals surface area contributed by atoms with Gasteiger partial charge in [0.2, 0.25) is 0 Å². The smallest absolute Gasteiger partial charge is 0.159 e. The summed E-state index contributed by atoms with van der Waals surface area (Å²) in [6.07, 6.45) is 0.813. The van der Waals surface area contributed by atoms with Crippen LogP contribution in [0.1, 0.15) is 17.0 Å². The maximum absolute atomic E-state index is 5.98. The molecule has 0 aliphatic rings. The van der Waals surface area contributed by atoms with Crippen LogP contribution in [0.25, 0.3) is 11.4 Å². The van der Waals surface area contributed by atoms with Crippen molar-refractivity contribution in [2.75, 3.05) is 6.54 Å². The standard InChI is InChI=1S/C14H16ClN3/c1-9-13(6-7-16)10(2)18-14(17-9)11-4-3-5-12(15)8-11/h3-5,8H,6-7,16H2,1-2H3. The van der Waals surface area contributed by atoms with Crippen LogP contribution in [0.15, 0.2) is 24.3 Å². The number of rotatable bonds is 3. The van der Waals surface area contributed by atoms with Gasteiger partial charge in [-0.15, -0.1) is 0 Å². The lowest BCUT2D eigenvalue weighted by Crippen LogP contribution is -2.09. The zero-order valence-electron chi connectivity index (χ0n) is 10.6. The van der Waals surface area contributed by atoms with Gasteiger partial charge in [0.05, 0.1) is 0 Å². The van der Waals surface area contributed by atoms with Crippen molar-refractivity contribution >= 4 is 11.6 Å². The van der Waals surface area contributed by atoms with Crippen LogP contribution in [0, 0.1) is 13.8 Å². The summed E-state index contributed by atoms with van der Waals surface area (Å²) in [5, 5.41) is 0.692. The highest BCUT2D eigenvalue weighted by atomic mass is 35.5. The lowest BCUT2D eigenvalue weighted by Gasteiger charge is -2.10. The van der Waals surface area contributed by atoms with Crippen molar-refractivity contribution in [3.05, 3.63) is 46.2 Å². The van der Waals surface area contributed by atoms with Crippen LogP contribution in [0.2, 0.25) is 5.02 Å². The minimum Gasteiger partial charge on any atom is -0.330 e. The van der Waals surface area contributed by atoms with Crippen molar-refractivity contribution in [2.45, 2.75) is 20.3 Å². The largest absolute Gasteiger partial charge is 0.330 e. The normalized spacial score (nSPS) is 10.7. The summed E-state index contributed by atoms with van der Waals surface area (Å²) in [6.45, 7) is 4.60. The van der Waals surface area contributed by atoms with Gasteiger partial charge in [-0.1, -0.05) is 23.7 Å². The third-order valence-corrected chi connectivity index (χ3v) is 3.13. The van der Waals surface area contributed by atoms with Crippen molar-refractivity contribution in [1.29, 1.82) is 0 Å². The molecule has 0 unspecified atom stereocenters. The molecule has 3 nitrogen and oxygen atoms in total. The summed E-state index contributed by atoms with van der Waals surface area (Å²) in [6, 6.07) is 7.58. The predicted molar refractivity (Wildman–Crippen MR) is 74.7 cm³/mol. The van der Waals surface area contributed by atoms with E-state index in [9.17, 15) is 0 Å². The van der Waals surface area contributed by atoms with E-state index in [1.54, 1.807) is 0 Å². The summed E-state index contributed by atoms with van der Waals surface area (Å²) in [5.74, 6) is 0.716. The topological polar surface area (TPSA) is 51.8 Å². The van der Waals surface area contributed by atoms with Gasteiger partial charge < -0.3 is 5.73 Å². The number of benzene rings is 1. The lowest BCUT2D eigenvalue weighted by atomic mass is 10.1. The van der Waals surface area contributed by atoms with E-state index in [2.05, 4.69) is 9.97 Å². The molecule has 0 saturated carbocycles. The van der Waals surface area contributed by atoms with Crippen molar-refractivity contribution < 1.29 is 0 Å². The van der Waals surface area contributed by atoms with E-state index in [1.165, 1.54) is 0 Å². The van der Waals surface area contributed by atoms with Crippen LogP contribution >= 0.6 is 11.6 Å². The Kier molecular flexibility index (Phi) is 3.94. The Balaban J connectivity index is 2.48. The number of aryl methyl sites for hydroxylation is 2. The molecule has 0 spiro atoms. The number of hydrogen-bond donors (Lipinski definition) is 1. The van der Waals surface area contributed by atoms with E-state index in [1.807, 2.05) is 38.1 Å². The summed E-state index contributed by atoms with van der Waals surface area (Å²) < 4.78 is 0. The highest BCUT2D eigenvalue weighted by Crippen LogP contribution is 2.21. The molecule has 0 aliphatic heterocycles. The molecule has 0 bridgehead atoms. The van der Waals surface area contributed by atoms with Crippen LogP contribution in [0.3, 0.4) is 0 Å². The molecular formula is C14H16ClN3. The zero-order chi connectivity index (χ0) is 13.1. The average molecular weight is 262 g/mol. The van der Waals surface area contributed by atoms with Crippen LogP contribution in [-0.2, 0) is 6.42 Å². The van der Waals surface area contributed by atoms with Crippen LogP contribution in [0.4, 0.5) is 0 Å². The average Bonchev–Trinajstić information content (AvgIpc) is 2.33. The Morgan fingerprint density at radius 2 is 1.83 bits per heavy atom. The first-order valence-corrected chi connectivity index (χ1v) is 6.29.